The number of furan rings is 1. The van der Waals surface area contributed by atoms with Gasteiger partial charge in [-0.15, -0.1) is 0 Å². The van der Waals surface area contributed by atoms with Crippen molar-refractivity contribution < 1.29 is 23.8 Å². The van der Waals surface area contributed by atoms with E-state index in [9.17, 15) is 14.7 Å². The molecule has 37 heavy (non-hydrogen) atoms. The predicted octanol–water partition coefficient (Wildman–Crippen LogP) is 6.44. The lowest BCUT2D eigenvalue weighted by Crippen LogP contribution is -2.29. The number of amides is 1. The zero-order valence-corrected chi connectivity index (χ0v) is 20.4. The summed E-state index contributed by atoms with van der Waals surface area (Å²) in [6.45, 7) is 3.80. The Hall–Kier alpha value is -4.78. The molecule has 2 heterocycles. The van der Waals surface area contributed by atoms with Crippen LogP contribution in [-0.2, 0) is 9.59 Å². The highest BCUT2D eigenvalue weighted by Crippen LogP contribution is 2.42. The Morgan fingerprint density at radius 2 is 1.65 bits per heavy atom. The third-order valence-electron chi connectivity index (χ3n) is 5.94. The zero-order chi connectivity index (χ0) is 25.9. The summed E-state index contributed by atoms with van der Waals surface area (Å²) in [5.74, 6) is -0.924. The molecule has 0 bridgehead atoms. The highest BCUT2D eigenvalue weighted by atomic mass is 16.5. The number of para-hydroxylation sites is 1. The van der Waals surface area contributed by atoms with Crippen LogP contribution in [0.5, 0.6) is 5.75 Å². The minimum Gasteiger partial charge on any atom is -0.507 e. The van der Waals surface area contributed by atoms with Crippen LogP contribution < -0.4 is 15.0 Å². The van der Waals surface area contributed by atoms with Gasteiger partial charge in [0.15, 0.2) is 0 Å². The molecule has 1 atom stereocenters. The Balaban J connectivity index is 1.54. The van der Waals surface area contributed by atoms with Crippen molar-refractivity contribution in [1.82, 2.24) is 0 Å². The predicted molar refractivity (Wildman–Crippen MR) is 142 cm³/mol. The number of hydrogen-bond acceptors (Lipinski definition) is 6. The summed E-state index contributed by atoms with van der Waals surface area (Å²) in [5, 5.41) is 14.6. The van der Waals surface area contributed by atoms with E-state index in [0.717, 1.165) is 11.4 Å². The fraction of sp³-hybridized carbons (Fsp3) is 0.133. The molecule has 5 rings (SSSR count). The van der Waals surface area contributed by atoms with Crippen molar-refractivity contribution in [3.05, 3.63) is 114 Å². The molecule has 1 unspecified atom stereocenters. The Bertz CT molecular complexity index is 1440. The minimum atomic E-state index is -0.933. The van der Waals surface area contributed by atoms with Gasteiger partial charge in [0, 0.05) is 22.6 Å². The number of nitrogens with zero attached hydrogens (tertiary/aromatic N) is 1. The van der Waals surface area contributed by atoms with E-state index in [0.29, 0.717) is 22.8 Å². The highest BCUT2D eigenvalue weighted by Gasteiger charge is 2.48. The second-order valence-electron chi connectivity index (χ2n) is 8.92. The first kappa shape index (κ1) is 23.9. The number of anilines is 3. The number of carbonyl (C=O) groups excluding carboxylic acids is 2. The van der Waals surface area contributed by atoms with Crippen LogP contribution in [-0.4, -0.2) is 22.9 Å². The first-order valence-corrected chi connectivity index (χ1v) is 12.0. The van der Waals surface area contributed by atoms with Gasteiger partial charge in [0.05, 0.1) is 17.9 Å². The maximum absolute atomic E-state index is 13.3. The van der Waals surface area contributed by atoms with Crippen LogP contribution in [0, 0.1) is 0 Å². The number of benzene rings is 3. The molecular formula is C30H26N2O5. The summed E-state index contributed by atoms with van der Waals surface area (Å²) in [6, 6.07) is 26.1. The first-order valence-electron chi connectivity index (χ1n) is 12.0. The van der Waals surface area contributed by atoms with E-state index in [4.69, 9.17) is 9.15 Å². The van der Waals surface area contributed by atoms with E-state index >= 15 is 0 Å². The molecule has 1 amide bonds. The van der Waals surface area contributed by atoms with Gasteiger partial charge in [0.25, 0.3) is 11.7 Å². The summed E-state index contributed by atoms with van der Waals surface area (Å²) >= 11 is 0. The highest BCUT2D eigenvalue weighted by molar-refractivity contribution is 6.51. The molecule has 1 aliphatic heterocycles. The molecule has 1 saturated heterocycles. The van der Waals surface area contributed by atoms with Gasteiger partial charge >= 0.3 is 0 Å². The van der Waals surface area contributed by atoms with Gasteiger partial charge in [-0.3, -0.25) is 14.5 Å². The molecule has 1 aliphatic rings. The summed E-state index contributed by atoms with van der Waals surface area (Å²) in [6.07, 6.45) is 1.41. The molecule has 0 saturated carbocycles. The largest absolute Gasteiger partial charge is 0.507 e. The lowest BCUT2D eigenvalue weighted by molar-refractivity contribution is -0.132. The van der Waals surface area contributed by atoms with Gasteiger partial charge in [-0.25, -0.2) is 0 Å². The maximum Gasteiger partial charge on any atom is 0.300 e. The topological polar surface area (TPSA) is 92.0 Å². The number of rotatable bonds is 7. The van der Waals surface area contributed by atoms with Gasteiger partial charge in [-0.2, -0.15) is 0 Å². The van der Waals surface area contributed by atoms with Crippen molar-refractivity contribution >= 4 is 34.5 Å². The van der Waals surface area contributed by atoms with Crippen LogP contribution in [0.2, 0.25) is 0 Å². The van der Waals surface area contributed by atoms with Crippen LogP contribution in [0.25, 0.3) is 5.76 Å². The molecule has 0 aliphatic carbocycles. The number of nitrogens with one attached hydrogen (secondary N) is 1. The molecule has 0 radical (unpaired) electrons. The van der Waals surface area contributed by atoms with E-state index in [1.807, 2.05) is 56.3 Å². The van der Waals surface area contributed by atoms with Gasteiger partial charge in [-0.05, 0) is 74.5 Å². The Morgan fingerprint density at radius 3 is 2.32 bits per heavy atom. The summed E-state index contributed by atoms with van der Waals surface area (Å²) in [4.78, 5) is 27.9. The standard InChI is InChI=1S/C30H26N2O5/c1-19(2)37-24-11-6-8-20(18-24)28(33)26-27(25-12-7-17-36-25)32(30(35)29(26)34)23-15-13-22(14-16-23)31-21-9-4-3-5-10-21/h3-19,27,31,33H,1-2H3/b28-26-. The van der Waals surface area contributed by atoms with Gasteiger partial charge in [0.1, 0.15) is 23.3 Å². The molecule has 1 fully saturated rings. The van der Waals surface area contributed by atoms with Gasteiger partial charge < -0.3 is 19.6 Å². The summed E-state index contributed by atoms with van der Waals surface area (Å²) in [7, 11) is 0. The summed E-state index contributed by atoms with van der Waals surface area (Å²) < 4.78 is 11.4. The van der Waals surface area contributed by atoms with Crippen molar-refractivity contribution in [1.29, 1.82) is 0 Å². The van der Waals surface area contributed by atoms with E-state index in [-0.39, 0.29) is 17.4 Å². The Labute approximate surface area is 214 Å². The quantitative estimate of drug-likeness (QED) is 0.175. The van der Waals surface area contributed by atoms with E-state index in [2.05, 4.69) is 5.32 Å². The smallest absolute Gasteiger partial charge is 0.300 e. The maximum atomic E-state index is 13.3. The average molecular weight is 495 g/mol. The lowest BCUT2D eigenvalue weighted by Gasteiger charge is -2.23. The van der Waals surface area contributed by atoms with E-state index in [1.54, 1.807) is 48.5 Å². The fourth-order valence-electron chi connectivity index (χ4n) is 4.35. The van der Waals surface area contributed by atoms with Crippen LogP contribution in [0.15, 0.2) is 107 Å². The SMILES string of the molecule is CC(C)Oc1cccc(/C(O)=C2/C(=O)C(=O)N(c3ccc(Nc4ccccc4)cc3)C2c2ccco2)c1. The zero-order valence-electron chi connectivity index (χ0n) is 20.4. The lowest BCUT2D eigenvalue weighted by atomic mass is 9.99. The van der Waals surface area contributed by atoms with Crippen LogP contribution in [0.3, 0.4) is 0 Å². The van der Waals surface area contributed by atoms with Crippen molar-refractivity contribution in [2.45, 2.75) is 26.0 Å². The van der Waals surface area contributed by atoms with Crippen LogP contribution in [0.1, 0.15) is 31.2 Å². The normalized spacial score (nSPS) is 16.8. The van der Waals surface area contributed by atoms with Crippen molar-refractivity contribution in [3.63, 3.8) is 0 Å². The van der Waals surface area contributed by atoms with Crippen molar-refractivity contribution in [3.8, 4) is 5.75 Å². The van der Waals surface area contributed by atoms with Gasteiger partial charge in [-0.1, -0.05) is 30.3 Å². The molecule has 1 aromatic heterocycles. The molecular weight excluding hydrogens is 468 g/mol. The minimum absolute atomic E-state index is 0.0480. The average Bonchev–Trinajstić information content (AvgIpc) is 3.51. The second-order valence-corrected chi connectivity index (χ2v) is 8.92. The Morgan fingerprint density at radius 1 is 0.919 bits per heavy atom. The van der Waals surface area contributed by atoms with Crippen LogP contribution in [0.4, 0.5) is 17.1 Å². The molecule has 7 heteroatoms. The van der Waals surface area contributed by atoms with Gasteiger partial charge in [0.2, 0.25) is 0 Å². The monoisotopic (exact) mass is 494 g/mol. The van der Waals surface area contributed by atoms with E-state index in [1.165, 1.54) is 11.2 Å². The number of ketones is 1. The Kier molecular flexibility index (Phi) is 6.51. The number of aliphatic hydroxyl groups is 1. The number of ether oxygens (including phenoxy) is 1. The number of carbonyl (C=O) groups is 2. The van der Waals surface area contributed by atoms with Crippen LogP contribution >= 0.6 is 0 Å². The summed E-state index contributed by atoms with van der Waals surface area (Å²) in [5.41, 5.74) is 2.57. The fourth-order valence-corrected chi connectivity index (χ4v) is 4.35. The number of hydrogen-bond donors (Lipinski definition) is 2. The molecule has 4 aromatic rings. The molecule has 7 nitrogen and oxygen atoms in total. The number of Topliss-reactive ketones (excluding diaryl/α,β-unsaturated/α-hetero) is 1. The first-order chi connectivity index (χ1) is 17.9. The number of aliphatic hydroxyl groups excluding tert-OH is 1. The third-order valence-corrected chi connectivity index (χ3v) is 5.94. The molecule has 3 aromatic carbocycles. The molecule has 186 valence electrons. The van der Waals surface area contributed by atoms with E-state index < -0.39 is 17.7 Å². The van der Waals surface area contributed by atoms with Crippen molar-refractivity contribution in [2.75, 3.05) is 10.2 Å². The molecule has 2 N–H and O–H groups in total. The molecule has 0 spiro atoms. The second kappa shape index (κ2) is 10.1. The third kappa shape index (κ3) is 4.84. The van der Waals surface area contributed by atoms with Crippen molar-refractivity contribution in [2.24, 2.45) is 0 Å².